The predicted octanol–water partition coefficient (Wildman–Crippen LogP) is 2.72. The average Bonchev–Trinajstić information content (AvgIpc) is 2.57. The van der Waals surface area contributed by atoms with E-state index in [-0.39, 0.29) is 0 Å². The van der Waals surface area contributed by atoms with Gasteiger partial charge in [0.05, 0.1) is 11.7 Å². The summed E-state index contributed by atoms with van der Waals surface area (Å²) in [5.41, 5.74) is 9.86. The van der Waals surface area contributed by atoms with Gasteiger partial charge < -0.3 is 15.7 Å². The van der Waals surface area contributed by atoms with Gasteiger partial charge in [-0.25, -0.2) is 4.98 Å². The van der Waals surface area contributed by atoms with Gasteiger partial charge in [-0.1, -0.05) is 6.07 Å². The molecule has 1 aromatic heterocycles. The molecule has 114 valence electrons. The molecule has 3 rings (SSSR count). The highest BCUT2D eigenvalue weighted by atomic mass is 16.3. The molecule has 0 atom stereocenters. The van der Waals surface area contributed by atoms with E-state index in [2.05, 4.69) is 11.1 Å². The summed E-state index contributed by atoms with van der Waals surface area (Å²) < 4.78 is 0. The second-order valence-corrected chi connectivity index (χ2v) is 5.36. The summed E-state index contributed by atoms with van der Waals surface area (Å²) in [6.07, 6.45) is 7.76. The van der Waals surface area contributed by atoms with Crippen molar-refractivity contribution in [3.8, 4) is 17.2 Å². The number of benzene rings is 1. The van der Waals surface area contributed by atoms with Crippen LogP contribution in [0.1, 0.15) is 11.1 Å². The van der Waals surface area contributed by atoms with Crippen molar-refractivity contribution in [2.45, 2.75) is 13.0 Å². The van der Waals surface area contributed by atoms with Gasteiger partial charge in [-0.05, 0) is 48.4 Å². The highest BCUT2D eigenvalue weighted by Crippen LogP contribution is 2.29. The molecule has 23 heavy (non-hydrogen) atoms. The number of pyridine rings is 1. The maximum absolute atomic E-state index is 9.46. The minimum Gasteiger partial charge on any atom is -0.399 e. The number of aliphatic hydroxyl groups excluding tert-OH is 1. The summed E-state index contributed by atoms with van der Waals surface area (Å²) in [6.45, 7) is 1.99. The Morgan fingerprint density at radius 3 is 2.70 bits per heavy atom. The number of aryl methyl sites for hydroxylation is 1. The molecule has 0 unspecified atom stereocenters. The van der Waals surface area contributed by atoms with Gasteiger partial charge >= 0.3 is 0 Å². The molecule has 1 aliphatic rings. The lowest BCUT2D eigenvalue weighted by Gasteiger charge is -2.20. The van der Waals surface area contributed by atoms with E-state index < -0.39 is 6.10 Å². The Balaban J connectivity index is 2.04. The van der Waals surface area contributed by atoms with Crippen molar-refractivity contribution in [1.29, 1.82) is 5.26 Å². The average molecular weight is 304 g/mol. The standard InChI is InChI=1S/C18H16N4O/c1-12-2-3-15(20)9-17(12)14-8-13(10-19)18(21-11-14)22-6-4-16(23)5-7-22/h2-9,11,16,23H,20H2,1H3. The normalized spacial score (nSPS) is 14.0. The zero-order valence-electron chi connectivity index (χ0n) is 12.6. The van der Waals surface area contributed by atoms with E-state index >= 15 is 0 Å². The van der Waals surface area contributed by atoms with Gasteiger partial charge in [0.1, 0.15) is 6.07 Å². The zero-order valence-corrected chi connectivity index (χ0v) is 12.6. The van der Waals surface area contributed by atoms with Gasteiger partial charge in [0.25, 0.3) is 0 Å². The molecule has 0 radical (unpaired) electrons. The highest BCUT2D eigenvalue weighted by Gasteiger charge is 2.14. The number of hydrogen-bond donors (Lipinski definition) is 2. The van der Waals surface area contributed by atoms with E-state index in [1.54, 1.807) is 41.7 Å². The van der Waals surface area contributed by atoms with Crippen molar-refractivity contribution in [3.05, 3.63) is 66.1 Å². The summed E-state index contributed by atoms with van der Waals surface area (Å²) in [5, 5.41) is 18.9. The monoisotopic (exact) mass is 304 g/mol. The Morgan fingerprint density at radius 1 is 1.26 bits per heavy atom. The summed E-state index contributed by atoms with van der Waals surface area (Å²) >= 11 is 0. The molecule has 0 aliphatic carbocycles. The molecule has 0 amide bonds. The Morgan fingerprint density at radius 2 is 2.00 bits per heavy atom. The third-order valence-electron chi connectivity index (χ3n) is 3.69. The van der Waals surface area contributed by atoms with Crippen molar-refractivity contribution in [2.75, 3.05) is 10.6 Å². The summed E-state index contributed by atoms with van der Waals surface area (Å²) in [7, 11) is 0. The number of nitrogens with two attached hydrogens (primary N) is 1. The molecule has 2 aromatic rings. The number of aliphatic hydroxyl groups is 1. The van der Waals surface area contributed by atoms with Crippen LogP contribution in [0.3, 0.4) is 0 Å². The number of nitrogens with zero attached hydrogens (tertiary/aromatic N) is 3. The first-order valence-electron chi connectivity index (χ1n) is 7.18. The van der Waals surface area contributed by atoms with Crippen LogP contribution in [0.5, 0.6) is 0 Å². The van der Waals surface area contributed by atoms with E-state index in [4.69, 9.17) is 5.73 Å². The number of rotatable bonds is 2. The van der Waals surface area contributed by atoms with Crippen LogP contribution in [-0.2, 0) is 0 Å². The molecule has 5 nitrogen and oxygen atoms in total. The van der Waals surface area contributed by atoms with E-state index in [0.29, 0.717) is 17.1 Å². The molecule has 0 saturated heterocycles. The number of aromatic nitrogens is 1. The van der Waals surface area contributed by atoms with Crippen molar-refractivity contribution in [2.24, 2.45) is 0 Å². The number of hydrogen-bond acceptors (Lipinski definition) is 5. The number of anilines is 2. The fourth-order valence-corrected chi connectivity index (χ4v) is 2.46. The van der Waals surface area contributed by atoms with Crippen LogP contribution in [0, 0.1) is 18.3 Å². The maximum Gasteiger partial charge on any atom is 0.154 e. The van der Waals surface area contributed by atoms with Gasteiger partial charge in [-0.3, -0.25) is 0 Å². The first kappa shape index (κ1) is 14.8. The topological polar surface area (TPSA) is 86.2 Å². The van der Waals surface area contributed by atoms with Gasteiger partial charge in [-0.15, -0.1) is 0 Å². The smallest absolute Gasteiger partial charge is 0.154 e. The molecule has 0 spiro atoms. The third kappa shape index (κ3) is 2.93. The van der Waals surface area contributed by atoms with Crippen molar-refractivity contribution < 1.29 is 5.11 Å². The highest BCUT2D eigenvalue weighted by molar-refractivity contribution is 5.74. The lowest BCUT2D eigenvalue weighted by molar-refractivity contribution is 0.269. The minimum atomic E-state index is -0.606. The molecule has 0 saturated carbocycles. The fraction of sp³-hybridized carbons (Fsp3) is 0.111. The van der Waals surface area contributed by atoms with Crippen molar-refractivity contribution in [3.63, 3.8) is 0 Å². The van der Waals surface area contributed by atoms with Crippen LogP contribution in [-0.4, -0.2) is 16.2 Å². The second-order valence-electron chi connectivity index (χ2n) is 5.36. The second kappa shape index (κ2) is 5.95. The van der Waals surface area contributed by atoms with E-state index in [9.17, 15) is 10.4 Å². The van der Waals surface area contributed by atoms with Crippen molar-refractivity contribution >= 4 is 11.5 Å². The number of nitriles is 1. The first-order chi connectivity index (χ1) is 11.1. The molecular formula is C18H16N4O. The SMILES string of the molecule is Cc1ccc(N)cc1-c1cnc(N2C=CC(O)C=C2)c(C#N)c1. The molecule has 5 heteroatoms. The molecular weight excluding hydrogens is 288 g/mol. The Kier molecular flexibility index (Phi) is 3.83. The summed E-state index contributed by atoms with van der Waals surface area (Å²) in [5.74, 6) is 0.525. The summed E-state index contributed by atoms with van der Waals surface area (Å²) in [4.78, 5) is 6.13. The lowest BCUT2D eigenvalue weighted by Crippen LogP contribution is -2.16. The minimum absolute atomic E-state index is 0.454. The fourth-order valence-electron chi connectivity index (χ4n) is 2.46. The molecule has 1 aliphatic heterocycles. The molecule has 0 fully saturated rings. The van der Waals surface area contributed by atoms with Crippen molar-refractivity contribution in [1.82, 2.24) is 4.98 Å². The predicted molar refractivity (Wildman–Crippen MR) is 90.3 cm³/mol. The Hall–Kier alpha value is -3.10. The zero-order chi connectivity index (χ0) is 16.4. The van der Waals surface area contributed by atoms with E-state index in [0.717, 1.165) is 16.7 Å². The third-order valence-corrected chi connectivity index (χ3v) is 3.69. The maximum atomic E-state index is 9.46. The van der Waals surface area contributed by atoms with Crippen LogP contribution < -0.4 is 10.6 Å². The van der Waals surface area contributed by atoms with Crippen LogP contribution in [0.4, 0.5) is 11.5 Å². The van der Waals surface area contributed by atoms with E-state index in [1.165, 1.54) is 0 Å². The van der Waals surface area contributed by atoms with Crippen LogP contribution >= 0.6 is 0 Å². The largest absolute Gasteiger partial charge is 0.399 e. The van der Waals surface area contributed by atoms with Gasteiger partial charge in [0.2, 0.25) is 0 Å². The Bertz CT molecular complexity index is 835. The molecule has 3 N–H and O–H groups in total. The van der Waals surface area contributed by atoms with Crippen LogP contribution in [0.25, 0.3) is 11.1 Å². The summed E-state index contributed by atoms with van der Waals surface area (Å²) in [6, 6.07) is 9.66. The number of nitrogen functional groups attached to an aromatic ring is 1. The van der Waals surface area contributed by atoms with E-state index in [1.807, 2.05) is 25.1 Å². The Labute approximate surface area is 134 Å². The first-order valence-corrected chi connectivity index (χ1v) is 7.18. The van der Waals surface area contributed by atoms with Gasteiger partial charge in [0, 0.05) is 29.8 Å². The quantitative estimate of drug-likeness (QED) is 0.833. The van der Waals surface area contributed by atoms with Gasteiger partial charge in [-0.2, -0.15) is 5.26 Å². The lowest BCUT2D eigenvalue weighted by atomic mass is 10.00. The van der Waals surface area contributed by atoms with Crippen LogP contribution in [0.15, 0.2) is 55.0 Å². The van der Waals surface area contributed by atoms with Gasteiger partial charge in [0.15, 0.2) is 5.82 Å². The molecule has 1 aromatic carbocycles. The molecule has 2 heterocycles. The molecule has 0 bridgehead atoms. The van der Waals surface area contributed by atoms with Crippen LogP contribution in [0.2, 0.25) is 0 Å².